The second-order valence-corrected chi connectivity index (χ2v) is 9.23. The highest BCUT2D eigenvalue weighted by molar-refractivity contribution is 6.35. The molecule has 0 bridgehead atoms. The molecule has 0 radical (unpaired) electrons. The molecule has 2 aromatic heterocycles. The fourth-order valence-electron chi connectivity index (χ4n) is 4.32. The van der Waals surface area contributed by atoms with Crippen molar-refractivity contribution in [1.29, 1.82) is 0 Å². The number of benzene rings is 1. The molecule has 1 N–H and O–H groups in total. The smallest absolute Gasteiger partial charge is 0.325 e. The van der Waals surface area contributed by atoms with Gasteiger partial charge in [-0.1, -0.05) is 17.7 Å². The van der Waals surface area contributed by atoms with Crippen LogP contribution in [0.15, 0.2) is 53.7 Å². The Morgan fingerprint density at radius 3 is 2.91 bits per heavy atom. The fraction of sp³-hybridized carbons (Fsp3) is 0.308. The Bertz CT molecular complexity index is 1360. The Balaban J connectivity index is 1.42. The van der Waals surface area contributed by atoms with Crippen molar-refractivity contribution in [3.05, 3.63) is 70.8 Å². The van der Waals surface area contributed by atoms with Gasteiger partial charge in [-0.3, -0.25) is 14.8 Å². The third-order valence-corrected chi connectivity index (χ3v) is 6.19. The van der Waals surface area contributed by atoms with E-state index in [-0.39, 0.29) is 17.9 Å². The summed E-state index contributed by atoms with van der Waals surface area (Å²) in [4.78, 5) is 28.4. The zero-order valence-corrected chi connectivity index (χ0v) is 20.2. The van der Waals surface area contributed by atoms with E-state index in [2.05, 4.69) is 20.2 Å². The van der Waals surface area contributed by atoms with Gasteiger partial charge in [0.15, 0.2) is 0 Å². The molecule has 0 saturated carbocycles. The van der Waals surface area contributed by atoms with E-state index < -0.39 is 6.04 Å². The van der Waals surface area contributed by atoms with Crippen LogP contribution in [0.2, 0.25) is 5.02 Å². The Labute approximate surface area is 207 Å². The van der Waals surface area contributed by atoms with Gasteiger partial charge in [0, 0.05) is 35.8 Å². The average molecular weight is 494 g/mol. The van der Waals surface area contributed by atoms with E-state index in [1.165, 1.54) is 12.1 Å². The van der Waals surface area contributed by atoms with Crippen LogP contribution >= 0.6 is 11.6 Å². The number of anilines is 1. The molecule has 7 nitrogen and oxygen atoms in total. The molecule has 180 valence electrons. The summed E-state index contributed by atoms with van der Waals surface area (Å²) in [7, 11) is 0. The number of hydrogen-bond donors (Lipinski definition) is 1. The fourth-order valence-corrected chi connectivity index (χ4v) is 4.49. The summed E-state index contributed by atoms with van der Waals surface area (Å²) in [5.41, 5.74) is 4.67. The van der Waals surface area contributed by atoms with Crippen molar-refractivity contribution >= 4 is 45.6 Å². The van der Waals surface area contributed by atoms with E-state index in [9.17, 15) is 9.18 Å². The lowest BCUT2D eigenvalue weighted by Gasteiger charge is -2.34. The van der Waals surface area contributed by atoms with Gasteiger partial charge in [0.2, 0.25) is 0 Å². The molecular formula is C26H25ClFN5O2. The topological polar surface area (TPSA) is 79.7 Å². The number of pyridine rings is 2. The molecule has 0 amide bonds. The van der Waals surface area contributed by atoms with Gasteiger partial charge in [0.1, 0.15) is 11.9 Å². The highest BCUT2D eigenvalue weighted by atomic mass is 35.5. The molecule has 4 heterocycles. The minimum absolute atomic E-state index is 0.164. The van der Waals surface area contributed by atoms with Crippen molar-refractivity contribution in [2.75, 3.05) is 31.1 Å². The first-order valence-corrected chi connectivity index (χ1v) is 11.9. The normalized spacial score (nSPS) is 18.1. The van der Waals surface area contributed by atoms with E-state index in [4.69, 9.17) is 21.3 Å². The minimum Gasteiger partial charge on any atom is -0.462 e. The van der Waals surface area contributed by atoms with Crippen LogP contribution in [0.5, 0.6) is 0 Å². The van der Waals surface area contributed by atoms with Crippen molar-refractivity contribution in [1.82, 2.24) is 15.3 Å². The van der Waals surface area contributed by atoms with Crippen LogP contribution in [0, 0.1) is 5.82 Å². The van der Waals surface area contributed by atoms with Gasteiger partial charge >= 0.3 is 5.97 Å². The van der Waals surface area contributed by atoms with E-state index in [0.29, 0.717) is 47.1 Å². The number of ether oxygens (including phenoxy) is 1. The van der Waals surface area contributed by atoms with E-state index in [0.717, 1.165) is 23.3 Å². The van der Waals surface area contributed by atoms with Crippen molar-refractivity contribution < 1.29 is 13.9 Å². The third kappa shape index (κ3) is 4.90. The summed E-state index contributed by atoms with van der Waals surface area (Å²) >= 11 is 6.11. The third-order valence-electron chi connectivity index (χ3n) is 5.96. The van der Waals surface area contributed by atoms with Crippen molar-refractivity contribution in [2.24, 2.45) is 4.99 Å². The predicted molar refractivity (Wildman–Crippen MR) is 136 cm³/mol. The Hall–Kier alpha value is -3.36. The number of esters is 1. The van der Waals surface area contributed by atoms with Gasteiger partial charge in [0.25, 0.3) is 0 Å². The predicted octanol–water partition coefficient (Wildman–Crippen LogP) is 4.04. The van der Waals surface area contributed by atoms with Crippen LogP contribution in [0.1, 0.15) is 25.1 Å². The lowest BCUT2D eigenvalue weighted by molar-refractivity contribution is -0.149. The van der Waals surface area contributed by atoms with Crippen molar-refractivity contribution in [3.63, 3.8) is 0 Å². The van der Waals surface area contributed by atoms with Crippen LogP contribution in [0.4, 0.5) is 10.1 Å². The van der Waals surface area contributed by atoms with Gasteiger partial charge in [-0.05, 0) is 50.2 Å². The van der Waals surface area contributed by atoms with Gasteiger partial charge in [-0.2, -0.15) is 0 Å². The summed E-state index contributed by atoms with van der Waals surface area (Å²) in [6.45, 7) is 5.99. The first kappa shape index (κ1) is 23.4. The van der Waals surface area contributed by atoms with Gasteiger partial charge in [-0.15, -0.1) is 0 Å². The Morgan fingerprint density at radius 1 is 1.23 bits per heavy atom. The van der Waals surface area contributed by atoms with Crippen LogP contribution in [-0.2, 0) is 9.53 Å². The number of allylic oxidation sites excluding steroid dienone is 1. The number of halogens is 2. The SMILES string of the molecule is CC(C)OC(=O)[C@H]1CN(c2cnc3ccc(C4=CCN=C4c4cc(Cl)ccc4F)nc3c2)CCN1. The minimum atomic E-state index is -0.406. The van der Waals surface area contributed by atoms with Crippen molar-refractivity contribution in [3.8, 4) is 0 Å². The van der Waals surface area contributed by atoms with Crippen LogP contribution in [0.25, 0.3) is 16.6 Å². The largest absolute Gasteiger partial charge is 0.462 e. The van der Waals surface area contributed by atoms with Crippen LogP contribution in [0.3, 0.4) is 0 Å². The highest BCUT2D eigenvalue weighted by Crippen LogP contribution is 2.28. The number of fused-ring (bicyclic) bond motifs is 1. The molecule has 0 unspecified atom stereocenters. The second-order valence-electron chi connectivity index (χ2n) is 8.80. The monoisotopic (exact) mass is 493 g/mol. The molecule has 0 aliphatic carbocycles. The molecule has 2 aliphatic heterocycles. The maximum absolute atomic E-state index is 14.5. The van der Waals surface area contributed by atoms with E-state index in [1.807, 2.05) is 38.1 Å². The molecule has 1 aromatic carbocycles. The number of nitrogens with one attached hydrogen (secondary N) is 1. The van der Waals surface area contributed by atoms with E-state index in [1.54, 1.807) is 12.3 Å². The zero-order valence-electron chi connectivity index (χ0n) is 19.5. The number of carbonyl (C=O) groups is 1. The quantitative estimate of drug-likeness (QED) is 0.540. The number of aliphatic imine (C=N–C) groups is 1. The van der Waals surface area contributed by atoms with Crippen molar-refractivity contribution in [2.45, 2.75) is 26.0 Å². The number of piperazine rings is 1. The number of rotatable bonds is 5. The number of nitrogens with zero attached hydrogens (tertiary/aromatic N) is 4. The lowest BCUT2D eigenvalue weighted by atomic mass is 9.99. The van der Waals surface area contributed by atoms with E-state index >= 15 is 0 Å². The van der Waals surface area contributed by atoms with Gasteiger partial charge < -0.3 is 15.0 Å². The summed E-state index contributed by atoms with van der Waals surface area (Å²) in [6.07, 6.45) is 3.56. The summed E-state index contributed by atoms with van der Waals surface area (Å²) < 4.78 is 19.9. The Kier molecular flexibility index (Phi) is 6.49. The molecule has 2 aliphatic rings. The molecule has 1 fully saturated rings. The van der Waals surface area contributed by atoms with Gasteiger partial charge in [-0.25, -0.2) is 9.37 Å². The number of carbonyl (C=O) groups excluding carboxylic acids is 1. The standard InChI is InChI=1S/C26H25ClFN5O2/c1-15(2)35-26(34)24-14-33(10-9-29-24)17-12-23-22(31-13-17)6-5-21(32-23)18-7-8-30-25(18)19-11-16(27)3-4-20(19)28/h3-7,11-13,15,24,29H,8-10,14H2,1-2H3/t24-/m1/s1. The molecule has 1 saturated heterocycles. The first-order chi connectivity index (χ1) is 16.9. The molecule has 3 aromatic rings. The molecule has 1 atom stereocenters. The van der Waals surface area contributed by atoms with Crippen LogP contribution < -0.4 is 10.2 Å². The summed E-state index contributed by atoms with van der Waals surface area (Å²) in [5, 5.41) is 3.67. The zero-order chi connectivity index (χ0) is 24.5. The molecule has 9 heteroatoms. The molecular weight excluding hydrogens is 469 g/mol. The first-order valence-electron chi connectivity index (χ1n) is 11.6. The maximum atomic E-state index is 14.5. The summed E-state index contributed by atoms with van der Waals surface area (Å²) in [5.74, 6) is -0.637. The number of aromatic nitrogens is 2. The summed E-state index contributed by atoms with van der Waals surface area (Å²) in [6, 6.07) is 9.77. The van der Waals surface area contributed by atoms with Crippen LogP contribution in [-0.4, -0.2) is 60.0 Å². The molecule has 0 spiro atoms. The van der Waals surface area contributed by atoms with Gasteiger partial charge in [0.05, 0.1) is 47.0 Å². The highest BCUT2D eigenvalue weighted by Gasteiger charge is 2.28. The maximum Gasteiger partial charge on any atom is 0.325 e. The Morgan fingerprint density at radius 2 is 2.09 bits per heavy atom. The molecule has 5 rings (SSSR count). The second kappa shape index (κ2) is 9.71. The molecule has 35 heavy (non-hydrogen) atoms. The average Bonchev–Trinajstić information content (AvgIpc) is 3.34. The lowest BCUT2D eigenvalue weighted by Crippen LogP contribution is -2.55. The number of hydrogen-bond acceptors (Lipinski definition) is 7.